The molecule has 27 heavy (non-hydrogen) atoms. The molecule has 1 aliphatic heterocycles. The summed E-state index contributed by atoms with van der Waals surface area (Å²) in [5.41, 5.74) is -0.447. The summed E-state index contributed by atoms with van der Waals surface area (Å²) < 4.78 is 16.3. The molecule has 0 aromatic rings. The second-order valence-corrected chi connectivity index (χ2v) is 7.65. The van der Waals surface area contributed by atoms with Crippen molar-refractivity contribution in [2.45, 2.75) is 64.1 Å². The Morgan fingerprint density at radius 2 is 1.85 bits per heavy atom. The van der Waals surface area contributed by atoms with Crippen molar-refractivity contribution in [3.05, 3.63) is 23.3 Å². The van der Waals surface area contributed by atoms with E-state index >= 15 is 0 Å². The first kappa shape index (κ1) is 19.6. The van der Waals surface area contributed by atoms with Crippen LogP contribution in [-0.4, -0.2) is 58.1 Å². The number of rotatable bonds is 2. The van der Waals surface area contributed by atoms with Gasteiger partial charge in [0.15, 0.2) is 12.2 Å². The Bertz CT molecular complexity index is 749. The summed E-state index contributed by atoms with van der Waals surface area (Å²) in [6.45, 7) is 9.31. The van der Waals surface area contributed by atoms with Crippen LogP contribution in [0.4, 0.5) is 0 Å². The van der Waals surface area contributed by atoms with E-state index < -0.39 is 59.8 Å². The lowest BCUT2D eigenvalue weighted by molar-refractivity contribution is -0.196. The van der Waals surface area contributed by atoms with Crippen molar-refractivity contribution >= 4 is 17.9 Å². The van der Waals surface area contributed by atoms with Gasteiger partial charge in [0.1, 0.15) is 11.7 Å². The van der Waals surface area contributed by atoms with Crippen LogP contribution in [0.25, 0.3) is 0 Å². The van der Waals surface area contributed by atoms with Gasteiger partial charge in [-0.25, -0.2) is 4.79 Å². The van der Waals surface area contributed by atoms with Crippen LogP contribution >= 0.6 is 0 Å². The number of esters is 3. The fourth-order valence-corrected chi connectivity index (χ4v) is 4.59. The number of carbonyl (C=O) groups is 3. The molecule has 8 nitrogen and oxygen atoms in total. The van der Waals surface area contributed by atoms with Crippen LogP contribution in [0, 0.1) is 11.8 Å². The lowest BCUT2D eigenvalue weighted by atomic mass is 9.79. The van der Waals surface area contributed by atoms with Gasteiger partial charge in [-0.3, -0.25) is 9.59 Å². The standard InChI is InChI=1S/C19H24O8/c1-7-12(22)6-11-13(7)15-14(8(2)18(23)27-15)16(25-9(3)20)17(19(11,5)24)26-10(4)21/h11-12,14-17,22,24H,2,6H2,1,3-5H3. The number of ether oxygens (including phenoxy) is 3. The Kier molecular flexibility index (Phi) is 4.68. The molecule has 7 unspecified atom stereocenters. The highest BCUT2D eigenvalue weighted by Crippen LogP contribution is 2.53. The quantitative estimate of drug-likeness (QED) is 0.306. The third-order valence-corrected chi connectivity index (χ3v) is 5.85. The highest BCUT2D eigenvalue weighted by atomic mass is 16.6. The van der Waals surface area contributed by atoms with E-state index in [1.54, 1.807) is 6.92 Å². The van der Waals surface area contributed by atoms with E-state index in [9.17, 15) is 24.6 Å². The van der Waals surface area contributed by atoms with Crippen molar-refractivity contribution in [2.24, 2.45) is 11.8 Å². The van der Waals surface area contributed by atoms with Crippen LogP contribution in [0.1, 0.15) is 34.1 Å². The van der Waals surface area contributed by atoms with Gasteiger partial charge >= 0.3 is 17.9 Å². The molecule has 0 spiro atoms. The fourth-order valence-electron chi connectivity index (χ4n) is 4.59. The molecule has 2 fully saturated rings. The van der Waals surface area contributed by atoms with E-state index in [-0.39, 0.29) is 12.0 Å². The number of hydrogen-bond donors (Lipinski definition) is 2. The Labute approximate surface area is 156 Å². The number of fused-ring (bicyclic) bond motifs is 3. The smallest absolute Gasteiger partial charge is 0.334 e. The van der Waals surface area contributed by atoms with Gasteiger partial charge in [-0.05, 0) is 31.4 Å². The summed E-state index contributed by atoms with van der Waals surface area (Å²) in [6.07, 6.45) is -3.94. The Hall–Kier alpha value is -2.19. The van der Waals surface area contributed by atoms with Gasteiger partial charge in [-0.15, -0.1) is 0 Å². The monoisotopic (exact) mass is 380 g/mol. The van der Waals surface area contributed by atoms with Crippen LogP contribution < -0.4 is 0 Å². The predicted molar refractivity (Wildman–Crippen MR) is 91.1 cm³/mol. The maximum absolute atomic E-state index is 12.2. The van der Waals surface area contributed by atoms with Gasteiger partial charge in [0.25, 0.3) is 0 Å². The lowest BCUT2D eigenvalue weighted by Gasteiger charge is -2.39. The van der Waals surface area contributed by atoms with Crippen molar-refractivity contribution in [3.8, 4) is 0 Å². The average molecular weight is 380 g/mol. The normalized spacial score (nSPS) is 40.8. The van der Waals surface area contributed by atoms with E-state index in [1.165, 1.54) is 20.8 Å². The SMILES string of the molecule is C=C1C(=O)OC2C3=C(C)C(O)CC3C(C)(O)C(OC(C)=O)C(OC(C)=O)C12. The maximum Gasteiger partial charge on any atom is 0.334 e. The van der Waals surface area contributed by atoms with E-state index in [4.69, 9.17) is 14.2 Å². The van der Waals surface area contributed by atoms with Crippen LogP contribution in [-0.2, 0) is 28.6 Å². The molecular formula is C19H24O8. The van der Waals surface area contributed by atoms with Gasteiger partial charge in [-0.1, -0.05) is 6.58 Å². The minimum Gasteiger partial charge on any atom is -0.458 e. The van der Waals surface area contributed by atoms with Crippen molar-refractivity contribution in [2.75, 3.05) is 0 Å². The first-order valence-corrected chi connectivity index (χ1v) is 8.82. The molecular weight excluding hydrogens is 356 g/mol. The molecule has 1 heterocycles. The van der Waals surface area contributed by atoms with Gasteiger partial charge in [0, 0.05) is 25.3 Å². The highest BCUT2D eigenvalue weighted by Gasteiger charge is 2.63. The van der Waals surface area contributed by atoms with E-state index in [2.05, 4.69) is 6.58 Å². The summed E-state index contributed by atoms with van der Waals surface area (Å²) in [4.78, 5) is 35.7. The zero-order valence-electron chi connectivity index (χ0n) is 15.7. The Morgan fingerprint density at radius 1 is 1.26 bits per heavy atom. The van der Waals surface area contributed by atoms with E-state index in [0.717, 1.165) is 0 Å². The van der Waals surface area contributed by atoms with Crippen molar-refractivity contribution in [1.29, 1.82) is 0 Å². The van der Waals surface area contributed by atoms with Crippen LogP contribution in [0.2, 0.25) is 0 Å². The summed E-state index contributed by atoms with van der Waals surface area (Å²) in [7, 11) is 0. The van der Waals surface area contributed by atoms with E-state index in [0.29, 0.717) is 11.1 Å². The van der Waals surface area contributed by atoms with Crippen LogP contribution in [0.15, 0.2) is 23.3 Å². The number of aliphatic hydroxyl groups is 2. The molecule has 7 atom stereocenters. The second kappa shape index (κ2) is 6.45. The van der Waals surface area contributed by atoms with E-state index in [1.807, 2.05) is 0 Å². The van der Waals surface area contributed by atoms with Gasteiger partial charge < -0.3 is 24.4 Å². The van der Waals surface area contributed by atoms with Gasteiger partial charge in [0.2, 0.25) is 0 Å². The Morgan fingerprint density at radius 3 is 2.41 bits per heavy atom. The largest absolute Gasteiger partial charge is 0.458 e. The molecule has 8 heteroatoms. The van der Waals surface area contributed by atoms with Crippen molar-refractivity contribution in [3.63, 3.8) is 0 Å². The van der Waals surface area contributed by atoms with Crippen LogP contribution in [0.5, 0.6) is 0 Å². The fraction of sp³-hybridized carbons (Fsp3) is 0.632. The third-order valence-electron chi connectivity index (χ3n) is 5.85. The average Bonchev–Trinajstić information content (AvgIpc) is 2.98. The Balaban J connectivity index is 2.23. The molecule has 0 aromatic carbocycles. The molecule has 1 saturated heterocycles. The summed E-state index contributed by atoms with van der Waals surface area (Å²) in [5.74, 6) is -3.46. The summed E-state index contributed by atoms with van der Waals surface area (Å²) >= 11 is 0. The first-order chi connectivity index (χ1) is 12.5. The molecule has 1 saturated carbocycles. The topological polar surface area (TPSA) is 119 Å². The van der Waals surface area contributed by atoms with Crippen molar-refractivity contribution in [1.82, 2.24) is 0 Å². The molecule has 0 aromatic heterocycles. The molecule has 0 amide bonds. The predicted octanol–water partition coefficient (Wildman–Crippen LogP) is 0.409. The van der Waals surface area contributed by atoms with Crippen LogP contribution in [0.3, 0.4) is 0 Å². The summed E-state index contributed by atoms with van der Waals surface area (Å²) in [5, 5.41) is 21.7. The van der Waals surface area contributed by atoms with Crippen molar-refractivity contribution < 1.29 is 38.8 Å². The molecule has 3 aliphatic rings. The second-order valence-electron chi connectivity index (χ2n) is 7.65. The summed E-state index contributed by atoms with van der Waals surface area (Å²) in [6, 6.07) is 0. The minimum absolute atomic E-state index is 0.0709. The molecule has 148 valence electrons. The maximum atomic E-state index is 12.2. The molecule has 0 radical (unpaired) electrons. The zero-order chi connectivity index (χ0) is 20.3. The van der Waals surface area contributed by atoms with Gasteiger partial charge in [-0.2, -0.15) is 0 Å². The number of aliphatic hydroxyl groups excluding tert-OH is 1. The van der Waals surface area contributed by atoms with Gasteiger partial charge in [0.05, 0.1) is 12.0 Å². The lowest BCUT2D eigenvalue weighted by Crippen LogP contribution is -2.55. The molecule has 2 N–H and O–H groups in total. The number of hydrogen-bond acceptors (Lipinski definition) is 8. The first-order valence-electron chi connectivity index (χ1n) is 8.82. The molecule has 2 aliphatic carbocycles. The minimum atomic E-state index is -1.67. The highest BCUT2D eigenvalue weighted by molar-refractivity contribution is 5.91. The zero-order valence-corrected chi connectivity index (χ0v) is 15.7. The molecule has 0 bridgehead atoms. The molecule has 3 rings (SSSR count). The number of carbonyl (C=O) groups excluding carboxylic acids is 3. The third kappa shape index (κ3) is 2.96.